The summed E-state index contributed by atoms with van der Waals surface area (Å²) in [5.41, 5.74) is 2.32. The fourth-order valence-electron chi connectivity index (χ4n) is 1.85. The molecule has 3 nitrogen and oxygen atoms in total. The number of benzene rings is 2. The highest BCUT2D eigenvalue weighted by atomic mass is 35.5. The molecule has 0 radical (unpaired) electrons. The van der Waals surface area contributed by atoms with Gasteiger partial charge in [-0.25, -0.2) is 0 Å². The van der Waals surface area contributed by atoms with Gasteiger partial charge in [0.25, 0.3) is 0 Å². The average molecular weight is 277 g/mol. The van der Waals surface area contributed by atoms with E-state index in [0.717, 1.165) is 17.4 Å². The minimum atomic E-state index is 0.506. The van der Waals surface area contributed by atoms with Crippen LogP contribution in [0, 0.1) is 0 Å². The van der Waals surface area contributed by atoms with Gasteiger partial charge in [-0.2, -0.15) is 0 Å². The summed E-state index contributed by atoms with van der Waals surface area (Å²) in [7, 11) is 3.10. The molecule has 0 amide bonds. The van der Waals surface area contributed by atoms with E-state index in [0.29, 0.717) is 22.1 Å². The average Bonchev–Trinajstić information content (AvgIpc) is 2.46. The zero-order valence-electron chi connectivity index (χ0n) is 10.6. The van der Waals surface area contributed by atoms with E-state index < -0.39 is 0 Å². The molecule has 0 saturated heterocycles. The van der Waals surface area contributed by atoms with Crippen molar-refractivity contribution in [2.75, 3.05) is 14.2 Å². The Morgan fingerprint density at radius 3 is 2.05 bits per heavy atom. The molecule has 0 saturated carbocycles. The summed E-state index contributed by atoms with van der Waals surface area (Å²) in [5, 5.41) is 0.531. The van der Waals surface area contributed by atoms with Crippen molar-refractivity contribution in [3.63, 3.8) is 0 Å². The number of methoxy groups -OCH3 is 2. The lowest BCUT2D eigenvalue weighted by Gasteiger charge is -2.09. The van der Waals surface area contributed by atoms with Crippen molar-refractivity contribution in [3.8, 4) is 22.6 Å². The first-order valence-corrected chi connectivity index (χ1v) is 6.04. The molecule has 98 valence electrons. The van der Waals surface area contributed by atoms with Gasteiger partial charge < -0.3 is 9.47 Å². The predicted octanol–water partition coefficient (Wildman–Crippen LogP) is 3.84. The summed E-state index contributed by atoms with van der Waals surface area (Å²) in [6.07, 6.45) is 0.771. The Morgan fingerprint density at radius 1 is 0.947 bits per heavy atom. The highest BCUT2D eigenvalue weighted by molar-refractivity contribution is 6.32. The third-order valence-electron chi connectivity index (χ3n) is 2.84. The van der Waals surface area contributed by atoms with Gasteiger partial charge in [0.2, 0.25) is 0 Å². The van der Waals surface area contributed by atoms with Crippen LogP contribution in [0.2, 0.25) is 5.02 Å². The molecular formula is C15H13ClO3. The Labute approximate surface area is 116 Å². The molecular weight excluding hydrogens is 264 g/mol. The second kappa shape index (κ2) is 5.76. The monoisotopic (exact) mass is 276 g/mol. The summed E-state index contributed by atoms with van der Waals surface area (Å²) in [4.78, 5) is 11.0. The third kappa shape index (κ3) is 2.71. The molecule has 0 heterocycles. The Morgan fingerprint density at radius 2 is 1.53 bits per heavy atom. The number of carbonyl (C=O) groups is 1. The van der Waals surface area contributed by atoms with E-state index in [1.807, 2.05) is 12.1 Å². The van der Waals surface area contributed by atoms with Crippen LogP contribution >= 0.6 is 11.6 Å². The van der Waals surface area contributed by atoms with E-state index >= 15 is 0 Å². The van der Waals surface area contributed by atoms with Crippen LogP contribution in [0.3, 0.4) is 0 Å². The molecule has 0 aliphatic heterocycles. The maximum Gasteiger partial charge on any atom is 0.153 e. The van der Waals surface area contributed by atoms with E-state index in [-0.39, 0.29) is 0 Å². The Kier molecular flexibility index (Phi) is 4.07. The Bertz CT molecular complexity index is 608. The highest BCUT2D eigenvalue weighted by Gasteiger charge is 2.07. The lowest BCUT2D eigenvalue weighted by atomic mass is 10.0. The standard InChI is InChI=1S/C15H13ClO3/c1-18-14-5-3-10(7-12(14)9-17)11-4-6-15(19-2)13(16)8-11/h3-9H,1-2H3. The maximum atomic E-state index is 11.0. The van der Waals surface area contributed by atoms with Gasteiger partial charge in [-0.15, -0.1) is 0 Å². The van der Waals surface area contributed by atoms with Crippen LogP contribution in [0.5, 0.6) is 11.5 Å². The summed E-state index contributed by atoms with van der Waals surface area (Å²) in [6, 6.07) is 10.9. The number of ether oxygens (including phenoxy) is 2. The van der Waals surface area contributed by atoms with Gasteiger partial charge in [-0.3, -0.25) is 4.79 Å². The van der Waals surface area contributed by atoms with E-state index in [2.05, 4.69) is 0 Å². The van der Waals surface area contributed by atoms with Crippen LogP contribution in [-0.4, -0.2) is 20.5 Å². The van der Waals surface area contributed by atoms with E-state index in [4.69, 9.17) is 21.1 Å². The SMILES string of the molecule is COc1ccc(-c2ccc(OC)c(C=O)c2)cc1Cl. The molecule has 0 unspecified atom stereocenters. The van der Waals surface area contributed by atoms with Gasteiger partial charge in [0.05, 0.1) is 24.8 Å². The fourth-order valence-corrected chi connectivity index (χ4v) is 2.11. The van der Waals surface area contributed by atoms with Crippen LogP contribution < -0.4 is 9.47 Å². The van der Waals surface area contributed by atoms with E-state index in [1.165, 1.54) is 7.11 Å². The summed E-state index contributed by atoms with van der Waals surface area (Å²) in [6.45, 7) is 0. The van der Waals surface area contributed by atoms with Gasteiger partial charge in [0, 0.05) is 0 Å². The summed E-state index contributed by atoms with van der Waals surface area (Å²) >= 11 is 6.09. The molecule has 0 aliphatic rings. The minimum absolute atomic E-state index is 0.506. The van der Waals surface area contributed by atoms with Crippen LogP contribution in [0.4, 0.5) is 0 Å². The first-order valence-electron chi connectivity index (χ1n) is 5.66. The minimum Gasteiger partial charge on any atom is -0.496 e. The lowest BCUT2D eigenvalue weighted by molar-refractivity contribution is 0.112. The number of hydrogen-bond donors (Lipinski definition) is 0. The Hall–Kier alpha value is -2.00. The van der Waals surface area contributed by atoms with Crippen molar-refractivity contribution in [2.45, 2.75) is 0 Å². The molecule has 2 rings (SSSR count). The zero-order chi connectivity index (χ0) is 13.8. The van der Waals surface area contributed by atoms with Gasteiger partial charge in [0.1, 0.15) is 11.5 Å². The first kappa shape index (κ1) is 13.4. The number of halogens is 1. The van der Waals surface area contributed by atoms with Crippen molar-refractivity contribution in [2.24, 2.45) is 0 Å². The van der Waals surface area contributed by atoms with E-state index in [1.54, 1.807) is 31.4 Å². The van der Waals surface area contributed by atoms with Crippen molar-refractivity contribution in [1.29, 1.82) is 0 Å². The van der Waals surface area contributed by atoms with Crippen molar-refractivity contribution in [1.82, 2.24) is 0 Å². The quantitative estimate of drug-likeness (QED) is 0.796. The fraction of sp³-hybridized carbons (Fsp3) is 0.133. The molecule has 0 atom stereocenters. The van der Waals surface area contributed by atoms with Gasteiger partial charge in [0.15, 0.2) is 6.29 Å². The summed E-state index contributed by atoms with van der Waals surface area (Å²) < 4.78 is 10.2. The zero-order valence-corrected chi connectivity index (χ0v) is 11.4. The number of carbonyl (C=O) groups excluding carboxylic acids is 1. The molecule has 0 fully saturated rings. The van der Waals surface area contributed by atoms with E-state index in [9.17, 15) is 4.79 Å². The smallest absolute Gasteiger partial charge is 0.153 e. The molecule has 0 N–H and O–H groups in total. The van der Waals surface area contributed by atoms with Gasteiger partial charge in [-0.05, 0) is 35.4 Å². The third-order valence-corrected chi connectivity index (χ3v) is 3.14. The first-order chi connectivity index (χ1) is 9.19. The second-order valence-corrected chi connectivity index (χ2v) is 4.33. The van der Waals surface area contributed by atoms with Gasteiger partial charge >= 0.3 is 0 Å². The topological polar surface area (TPSA) is 35.5 Å². The molecule has 0 aromatic heterocycles. The van der Waals surface area contributed by atoms with Crippen LogP contribution in [0.1, 0.15) is 10.4 Å². The molecule has 4 heteroatoms. The van der Waals surface area contributed by atoms with Gasteiger partial charge in [-0.1, -0.05) is 23.7 Å². The number of hydrogen-bond acceptors (Lipinski definition) is 3. The number of aldehydes is 1. The molecule has 2 aromatic carbocycles. The molecule has 0 aliphatic carbocycles. The maximum absolute atomic E-state index is 11.0. The largest absolute Gasteiger partial charge is 0.496 e. The normalized spacial score (nSPS) is 10.1. The van der Waals surface area contributed by atoms with Crippen LogP contribution in [0.25, 0.3) is 11.1 Å². The number of rotatable bonds is 4. The van der Waals surface area contributed by atoms with Crippen molar-refractivity contribution < 1.29 is 14.3 Å². The second-order valence-electron chi connectivity index (χ2n) is 3.92. The Balaban J connectivity index is 2.47. The molecule has 0 bridgehead atoms. The highest BCUT2D eigenvalue weighted by Crippen LogP contribution is 2.31. The van der Waals surface area contributed by atoms with Crippen molar-refractivity contribution >= 4 is 17.9 Å². The summed E-state index contributed by atoms with van der Waals surface area (Å²) in [5.74, 6) is 1.17. The molecule has 0 spiro atoms. The van der Waals surface area contributed by atoms with Crippen LogP contribution in [-0.2, 0) is 0 Å². The lowest BCUT2D eigenvalue weighted by Crippen LogP contribution is -1.91. The molecule has 2 aromatic rings. The predicted molar refractivity (Wildman–Crippen MR) is 75.4 cm³/mol. The van der Waals surface area contributed by atoms with Crippen LogP contribution in [0.15, 0.2) is 36.4 Å². The molecule has 19 heavy (non-hydrogen) atoms. The van der Waals surface area contributed by atoms with Crippen molar-refractivity contribution in [3.05, 3.63) is 47.0 Å².